The monoisotopic (exact) mass is 203 g/mol. The van der Waals surface area contributed by atoms with Gasteiger partial charge in [0, 0.05) is 0 Å². The minimum atomic E-state index is -4.03. The van der Waals surface area contributed by atoms with Crippen LogP contribution in [0, 0.1) is 0 Å². The quantitative estimate of drug-likeness (QED) is 0.346. The number of hydrogen-bond donors (Lipinski definition) is 0. The molecule has 0 aliphatic carbocycles. The molecule has 0 aromatic heterocycles. The Kier molecular flexibility index (Phi) is 6.01. The Morgan fingerprint density at radius 1 is 1.27 bits per heavy atom. The zero-order valence-electron chi connectivity index (χ0n) is 6.62. The van der Waals surface area contributed by atoms with E-state index in [9.17, 15) is 13.0 Å². The largest absolute Gasteiger partial charge is 1.00 e. The summed E-state index contributed by atoms with van der Waals surface area (Å²) in [4.78, 5) is 1.67. The Morgan fingerprint density at radius 3 is 2.09 bits per heavy atom. The second-order valence-corrected chi connectivity index (χ2v) is 3.89. The van der Waals surface area contributed by atoms with Crippen molar-refractivity contribution in [3.05, 3.63) is 0 Å². The molecule has 0 spiro atoms. The van der Waals surface area contributed by atoms with Crippen LogP contribution >= 0.6 is 0 Å². The molecule has 0 atom stereocenters. The van der Waals surface area contributed by atoms with Crippen molar-refractivity contribution in [3.63, 3.8) is 0 Å². The van der Waals surface area contributed by atoms with Crippen LogP contribution in [0.5, 0.6) is 0 Å². The van der Waals surface area contributed by atoms with Crippen LogP contribution in [0.3, 0.4) is 0 Å². The van der Waals surface area contributed by atoms with Crippen molar-refractivity contribution in [1.29, 1.82) is 0 Å². The van der Waals surface area contributed by atoms with E-state index in [0.717, 1.165) is 25.9 Å². The normalized spacial score (nSPS) is 19.7. The van der Waals surface area contributed by atoms with Crippen molar-refractivity contribution >= 4 is 10.1 Å². The van der Waals surface area contributed by atoms with Gasteiger partial charge in [0.1, 0.15) is 10.1 Å². The fourth-order valence-electron chi connectivity index (χ4n) is 1.14. The average Bonchev–Trinajstić information content (AvgIpc) is 2.12. The molecule has 1 heterocycles. The number of rotatable bonds is 2. The fraction of sp³-hybridized carbons (Fsp3) is 1.00. The van der Waals surface area contributed by atoms with Crippen LogP contribution in [0.1, 0.15) is 12.8 Å². The molecule has 0 aromatic rings. The van der Waals surface area contributed by atoms with Gasteiger partial charge in [-0.25, -0.2) is 8.42 Å². The summed E-state index contributed by atoms with van der Waals surface area (Å²) in [5.41, 5.74) is 0. The molecule has 60 valence electrons. The first kappa shape index (κ1) is 12.5. The Bertz CT molecular complexity index is 198. The van der Waals surface area contributed by atoms with Gasteiger partial charge in [-0.2, -0.15) is 0 Å². The van der Waals surface area contributed by atoms with Crippen LogP contribution in [0.25, 0.3) is 0 Å². The van der Waals surface area contributed by atoms with E-state index in [1.807, 2.05) is 0 Å². The molecule has 6 heteroatoms. The van der Waals surface area contributed by atoms with Crippen molar-refractivity contribution < 1.29 is 64.4 Å². The van der Waals surface area contributed by atoms with Crippen LogP contribution in [0.15, 0.2) is 0 Å². The van der Waals surface area contributed by atoms with Crippen LogP contribution in [0.2, 0.25) is 0 Å². The molecule has 0 aromatic carbocycles. The maximum absolute atomic E-state index is 10.2. The summed E-state index contributed by atoms with van der Waals surface area (Å²) in [6.45, 7) is 1.50. The van der Waals surface area contributed by atoms with Crippen molar-refractivity contribution in [3.8, 4) is 0 Å². The third kappa shape index (κ3) is 5.70. The molecule has 1 aliphatic rings. The Hall–Kier alpha value is 1.51. The van der Waals surface area contributed by atoms with Gasteiger partial charge in [0.15, 0.2) is 0 Å². The summed E-state index contributed by atoms with van der Waals surface area (Å²) >= 11 is 0. The molecule has 1 rings (SSSR count). The van der Waals surface area contributed by atoms with Gasteiger partial charge in [-0.15, -0.1) is 0 Å². The molecule has 0 N–H and O–H groups in total. The second kappa shape index (κ2) is 5.28. The first-order chi connectivity index (χ1) is 4.58. The zero-order valence-corrected chi connectivity index (χ0v) is 10.6. The SMILES string of the molecule is O=S(=O)([O-])CN1CCCC1.[K+]. The second-order valence-electron chi connectivity index (χ2n) is 2.51. The van der Waals surface area contributed by atoms with E-state index in [4.69, 9.17) is 0 Å². The van der Waals surface area contributed by atoms with E-state index in [1.54, 1.807) is 4.90 Å². The molecular weight excluding hydrogens is 193 g/mol. The van der Waals surface area contributed by atoms with Gasteiger partial charge in [0.25, 0.3) is 0 Å². The minimum Gasteiger partial charge on any atom is -0.747 e. The summed E-state index contributed by atoms with van der Waals surface area (Å²) < 4.78 is 30.6. The number of nitrogens with zero attached hydrogens (tertiary/aromatic N) is 1. The summed E-state index contributed by atoms with van der Waals surface area (Å²) in [5, 5.41) is 0. The summed E-state index contributed by atoms with van der Waals surface area (Å²) in [6, 6.07) is 0. The van der Waals surface area contributed by atoms with Gasteiger partial charge in [-0.05, 0) is 25.9 Å². The molecule has 1 saturated heterocycles. The van der Waals surface area contributed by atoms with Crippen molar-refractivity contribution in [2.24, 2.45) is 0 Å². The molecule has 0 radical (unpaired) electrons. The van der Waals surface area contributed by atoms with E-state index >= 15 is 0 Å². The molecule has 1 aliphatic heterocycles. The van der Waals surface area contributed by atoms with E-state index < -0.39 is 10.1 Å². The summed E-state index contributed by atoms with van der Waals surface area (Å²) in [7, 11) is -4.03. The fourth-order valence-corrected chi connectivity index (χ4v) is 1.84. The summed E-state index contributed by atoms with van der Waals surface area (Å²) in [6.07, 6.45) is 2.02. The molecule has 0 saturated carbocycles. The van der Waals surface area contributed by atoms with Crippen LogP contribution in [0.4, 0.5) is 0 Å². The standard InChI is InChI=1S/C5H11NO3S.K/c7-10(8,9)5-6-3-1-2-4-6;/h1-5H2,(H,7,8,9);/q;+1/p-1. The Labute approximate surface area is 110 Å². The molecule has 0 amide bonds. The predicted octanol–water partition coefficient (Wildman–Crippen LogP) is -3.41. The van der Waals surface area contributed by atoms with Gasteiger partial charge in [-0.3, -0.25) is 4.90 Å². The van der Waals surface area contributed by atoms with Gasteiger partial charge >= 0.3 is 51.4 Å². The van der Waals surface area contributed by atoms with Gasteiger partial charge in [0.05, 0.1) is 5.88 Å². The van der Waals surface area contributed by atoms with Crippen LogP contribution in [-0.2, 0) is 10.1 Å². The Balaban J connectivity index is 0.000001000. The zero-order chi connectivity index (χ0) is 7.61. The maximum Gasteiger partial charge on any atom is 1.00 e. The van der Waals surface area contributed by atoms with Crippen LogP contribution < -0.4 is 51.4 Å². The van der Waals surface area contributed by atoms with Gasteiger partial charge in [0.2, 0.25) is 0 Å². The predicted molar refractivity (Wildman–Crippen MR) is 35.4 cm³/mol. The van der Waals surface area contributed by atoms with Crippen molar-refractivity contribution in [2.75, 3.05) is 19.0 Å². The number of likely N-dealkylation sites (tertiary alicyclic amines) is 1. The topological polar surface area (TPSA) is 60.4 Å². The van der Waals surface area contributed by atoms with E-state index in [1.165, 1.54) is 0 Å². The van der Waals surface area contributed by atoms with E-state index in [0.29, 0.717) is 0 Å². The van der Waals surface area contributed by atoms with Gasteiger partial charge in [-0.1, -0.05) is 0 Å². The molecule has 0 unspecified atom stereocenters. The number of hydrogen-bond acceptors (Lipinski definition) is 4. The first-order valence-corrected chi connectivity index (χ1v) is 4.81. The minimum absolute atomic E-state index is 0. The third-order valence-electron chi connectivity index (χ3n) is 1.54. The first-order valence-electron chi connectivity index (χ1n) is 3.24. The molecular formula is C5H10KNO3S. The van der Waals surface area contributed by atoms with E-state index in [-0.39, 0.29) is 57.3 Å². The Morgan fingerprint density at radius 2 is 1.73 bits per heavy atom. The van der Waals surface area contributed by atoms with Crippen molar-refractivity contribution in [1.82, 2.24) is 4.90 Å². The smallest absolute Gasteiger partial charge is 0.747 e. The molecule has 0 bridgehead atoms. The third-order valence-corrected chi connectivity index (χ3v) is 2.22. The van der Waals surface area contributed by atoms with Crippen LogP contribution in [-0.4, -0.2) is 36.8 Å². The van der Waals surface area contributed by atoms with E-state index in [2.05, 4.69) is 0 Å². The molecule has 11 heavy (non-hydrogen) atoms. The molecule has 1 fully saturated rings. The maximum atomic E-state index is 10.2. The average molecular weight is 203 g/mol. The van der Waals surface area contributed by atoms with Gasteiger partial charge < -0.3 is 4.55 Å². The van der Waals surface area contributed by atoms with Crippen molar-refractivity contribution in [2.45, 2.75) is 12.8 Å². The summed E-state index contributed by atoms with van der Waals surface area (Å²) in [5.74, 6) is -0.312. The molecule has 4 nitrogen and oxygen atoms in total.